The van der Waals surface area contributed by atoms with Gasteiger partial charge in [0.15, 0.2) is 0 Å². The van der Waals surface area contributed by atoms with Gasteiger partial charge in [-0.3, -0.25) is 9.67 Å². The Morgan fingerprint density at radius 1 is 1.30 bits per heavy atom. The number of hydrogen-bond acceptors (Lipinski definition) is 4. The van der Waals surface area contributed by atoms with E-state index in [1.807, 2.05) is 10.9 Å². The molecule has 1 saturated carbocycles. The number of pyridine rings is 1. The van der Waals surface area contributed by atoms with Crippen molar-refractivity contribution in [1.29, 1.82) is 0 Å². The first kappa shape index (κ1) is 12.4. The van der Waals surface area contributed by atoms with E-state index in [1.165, 1.54) is 26.1 Å². The molecule has 0 aromatic carbocycles. The molecule has 1 fully saturated rings. The highest BCUT2D eigenvalue weighted by Gasteiger charge is 2.23. The molecule has 0 spiro atoms. The lowest BCUT2D eigenvalue weighted by Gasteiger charge is -1.97. The highest BCUT2D eigenvalue weighted by atomic mass is 16.5. The summed E-state index contributed by atoms with van der Waals surface area (Å²) in [5.74, 6) is 5.59. The molecule has 0 amide bonds. The highest BCUT2D eigenvalue weighted by molar-refractivity contribution is 5.89. The predicted molar refractivity (Wildman–Crippen MR) is 72.1 cm³/mol. The van der Waals surface area contributed by atoms with Crippen LogP contribution in [-0.2, 0) is 4.74 Å². The van der Waals surface area contributed by atoms with Gasteiger partial charge >= 0.3 is 5.97 Å². The molecule has 2 aromatic heterocycles. The van der Waals surface area contributed by atoms with Crippen molar-refractivity contribution in [2.24, 2.45) is 0 Å². The molecule has 0 N–H and O–H groups in total. The third-order valence-corrected chi connectivity index (χ3v) is 3.03. The van der Waals surface area contributed by atoms with Crippen LogP contribution in [0.1, 0.15) is 40.4 Å². The number of hydrogen-bond donors (Lipinski definition) is 0. The van der Waals surface area contributed by atoms with Crippen LogP contribution >= 0.6 is 0 Å². The summed E-state index contributed by atoms with van der Waals surface area (Å²) in [6.45, 7) is 0. The summed E-state index contributed by atoms with van der Waals surface area (Å²) in [6, 6.07) is 2.21. The Morgan fingerprint density at radius 2 is 2.10 bits per heavy atom. The van der Waals surface area contributed by atoms with Gasteiger partial charge < -0.3 is 4.74 Å². The van der Waals surface area contributed by atoms with Crippen LogP contribution in [0.25, 0.3) is 0 Å². The summed E-state index contributed by atoms with van der Waals surface area (Å²) in [4.78, 5) is 15.4. The van der Waals surface area contributed by atoms with Crippen LogP contribution in [-0.4, -0.2) is 27.8 Å². The fraction of sp³-hybridized carbons (Fsp3) is 0.267. The summed E-state index contributed by atoms with van der Waals surface area (Å²) in [5.41, 5.74) is 1.93. The van der Waals surface area contributed by atoms with Gasteiger partial charge in [0.05, 0.1) is 30.5 Å². The van der Waals surface area contributed by atoms with E-state index >= 15 is 0 Å². The molecule has 0 atom stereocenters. The molecule has 1 aliphatic rings. The van der Waals surface area contributed by atoms with Gasteiger partial charge in [0, 0.05) is 24.2 Å². The lowest BCUT2D eigenvalue weighted by Crippen LogP contribution is -2.01. The third kappa shape index (κ3) is 2.69. The van der Waals surface area contributed by atoms with E-state index in [9.17, 15) is 4.79 Å². The minimum absolute atomic E-state index is 0.396. The standard InChI is InChI=1S/C15H13N3O2/c1-20-15(19)13-6-11(7-16-9-13)2-3-12-8-17-18(10-12)14-4-5-14/h6-10,14H,4-5H2,1H3. The van der Waals surface area contributed by atoms with Gasteiger partial charge in [-0.2, -0.15) is 5.10 Å². The van der Waals surface area contributed by atoms with E-state index in [0.29, 0.717) is 17.2 Å². The number of carbonyl (C=O) groups is 1. The lowest BCUT2D eigenvalue weighted by atomic mass is 10.2. The second-order valence-corrected chi connectivity index (χ2v) is 4.64. The van der Waals surface area contributed by atoms with Crippen molar-refractivity contribution >= 4 is 5.97 Å². The van der Waals surface area contributed by atoms with Crippen molar-refractivity contribution in [3.63, 3.8) is 0 Å². The van der Waals surface area contributed by atoms with Gasteiger partial charge in [0.1, 0.15) is 0 Å². The molecule has 1 aliphatic carbocycles. The fourth-order valence-corrected chi connectivity index (χ4v) is 1.82. The SMILES string of the molecule is COC(=O)c1cncc(C#Cc2cnn(C3CC3)c2)c1. The van der Waals surface area contributed by atoms with Gasteiger partial charge in [0.2, 0.25) is 0 Å². The molecule has 20 heavy (non-hydrogen) atoms. The first-order chi connectivity index (χ1) is 9.76. The summed E-state index contributed by atoms with van der Waals surface area (Å²) in [7, 11) is 1.34. The van der Waals surface area contributed by atoms with Gasteiger partial charge in [-0.05, 0) is 18.9 Å². The second-order valence-electron chi connectivity index (χ2n) is 4.64. The van der Waals surface area contributed by atoms with Gasteiger partial charge in [-0.25, -0.2) is 4.79 Å². The largest absolute Gasteiger partial charge is 0.465 e. The maximum Gasteiger partial charge on any atom is 0.339 e. The Hall–Kier alpha value is -2.61. The Labute approximate surface area is 116 Å². The molecular weight excluding hydrogens is 254 g/mol. The average molecular weight is 267 g/mol. The fourth-order valence-electron chi connectivity index (χ4n) is 1.82. The minimum atomic E-state index is -0.414. The van der Waals surface area contributed by atoms with Gasteiger partial charge in [-0.15, -0.1) is 0 Å². The lowest BCUT2D eigenvalue weighted by molar-refractivity contribution is 0.0600. The molecule has 2 aromatic rings. The number of ether oxygens (including phenoxy) is 1. The van der Waals surface area contributed by atoms with Crippen LogP contribution in [0.4, 0.5) is 0 Å². The van der Waals surface area contributed by atoms with E-state index in [-0.39, 0.29) is 0 Å². The first-order valence-corrected chi connectivity index (χ1v) is 6.36. The van der Waals surface area contributed by atoms with E-state index in [0.717, 1.165) is 5.56 Å². The number of rotatable bonds is 2. The Morgan fingerprint density at radius 3 is 2.85 bits per heavy atom. The number of nitrogens with zero attached hydrogens (tertiary/aromatic N) is 3. The molecule has 5 nitrogen and oxygen atoms in total. The van der Waals surface area contributed by atoms with Crippen molar-refractivity contribution < 1.29 is 9.53 Å². The molecule has 3 rings (SSSR count). The van der Waals surface area contributed by atoms with Crippen molar-refractivity contribution in [3.05, 3.63) is 47.5 Å². The third-order valence-electron chi connectivity index (χ3n) is 3.03. The smallest absolute Gasteiger partial charge is 0.339 e. The molecule has 5 heteroatoms. The average Bonchev–Trinajstić information content (AvgIpc) is 3.23. The maximum atomic E-state index is 11.4. The van der Waals surface area contributed by atoms with Crippen molar-refractivity contribution in [3.8, 4) is 11.8 Å². The number of methoxy groups -OCH3 is 1. The van der Waals surface area contributed by atoms with Crippen LogP contribution in [0, 0.1) is 11.8 Å². The van der Waals surface area contributed by atoms with Crippen molar-refractivity contribution in [2.45, 2.75) is 18.9 Å². The normalized spacial score (nSPS) is 13.4. The Kier molecular flexibility index (Phi) is 3.21. The molecule has 2 heterocycles. The molecular formula is C15H13N3O2. The van der Waals surface area contributed by atoms with Crippen LogP contribution in [0.5, 0.6) is 0 Å². The maximum absolute atomic E-state index is 11.4. The quantitative estimate of drug-likeness (QED) is 0.615. The molecule has 0 bridgehead atoms. The van der Waals surface area contributed by atoms with Gasteiger partial charge in [0.25, 0.3) is 0 Å². The first-order valence-electron chi connectivity index (χ1n) is 6.36. The summed E-state index contributed by atoms with van der Waals surface area (Å²) in [6.07, 6.45) is 9.16. The van der Waals surface area contributed by atoms with E-state index in [4.69, 9.17) is 0 Å². The van der Waals surface area contributed by atoms with Crippen LogP contribution in [0.15, 0.2) is 30.9 Å². The molecule has 100 valence electrons. The van der Waals surface area contributed by atoms with Crippen molar-refractivity contribution in [2.75, 3.05) is 7.11 Å². The molecule has 0 unspecified atom stereocenters. The van der Waals surface area contributed by atoms with E-state index in [1.54, 1.807) is 18.5 Å². The zero-order valence-electron chi connectivity index (χ0n) is 11.0. The zero-order chi connectivity index (χ0) is 13.9. The van der Waals surface area contributed by atoms with Crippen LogP contribution in [0.2, 0.25) is 0 Å². The Bertz CT molecular complexity index is 705. The monoisotopic (exact) mass is 267 g/mol. The van der Waals surface area contributed by atoms with E-state index < -0.39 is 5.97 Å². The predicted octanol–water partition coefficient (Wildman–Crippen LogP) is 1.80. The van der Waals surface area contributed by atoms with Crippen LogP contribution < -0.4 is 0 Å². The summed E-state index contributed by atoms with van der Waals surface area (Å²) < 4.78 is 6.60. The summed E-state index contributed by atoms with van der Waals surface area (Å²) >= 11 is 0. The second kappa shape index (κ2) is 5.17. The minimum Gasteiger partial charge on any atom is -0.465 e. The van der Waals surface area contributed by atoms with Crippen LogP contribution in [0.3, 0.4) is 0 Å². The number of aromatic nitrogens is 3. The molecule has 0 radical (unpaired) electrons. The highest BCUT2D eigenvalue weighted by Crippen LogP contribution is 2.33. The summed E-state index contributed by atoms with van der Waals surface area (Å²) in [5, 5.41) is 4.27. The topological polar surface area (TPSA) is 57.0 Å². The van der Waals surface area contributed by atoms with E-state index in [2.05, 4.69) is 26.7 Å². The number of carbonyl (C=O) groups excluding carboxylic acids is 1. The Balaban J connectivity index is 1.79. The molecule has 0 saturated heterocycles. The zero-order valence-corrected chi connectivity index (χ0v) is 11.0. The number of esters is 1. The van der Waals surface area contributed by atoms with Gasteiger partial charge in [-0.1, -0.05) is 11.8 Å². The van der Waals surface area contributed by atoms with Crippen molar-refractivity contribution in [1.82, 2.24) is 14.8 Å². The molecule has 0 aliphatic heterocycles.